The second-order valence-electron chi connectivity index (χ2n) is 5.87. The van der Waals surface area contributed by atoms with Crippen molar-refractivity contribution in [2.45, 2.75) is 37.0 Å². The number of carbonyl (C=O) groups is 5. The van der Waals surface area contributed by atoms with Gasteiger partial charge >= 0.3 is 11.9 Å². The fourth-order valence-electron chi connectivity index (χ4n) is 1.98. The minimum atomic E-state index is -1.55. The molecule has 29 heavy (non-hydrogen) atoms. The van der Waals surface area contributed by atoms with Crippen LogP contribution in [0.4, 0.5) is 0 Å². The van der Waals surface area contributed by atoms with Crippen molar-refractivity contribution in [3.05, 3.63) is 0 Å². The van der Waals surface area contributed by atoms with Crippen molar-refractivity contribution in [3.63, 3.8) is 0 Å². The van der Waals surface area contributed by atoms with Gasteiger partial charge in [0.15, 0.2) is 0 Å². The van der Waals surface area contributed by atoms with Gasteiger partial charge in [-0.05, 0) is 18.4 Å². The summed E-state index contributed by atoms with van der Waals surface area (Å²) >= 11 is 9.22. The number of nitrogens with one attached hydrogen (secondary N) is 3. The first-order valence-electron chi connectivity index (χ1n) is 8.39. The van der Waals surface area contributed by atoms with Gasteiger partial charge in [-0.15, -0.1) is 0 Å². The lowest BCUT2D eigenvalue weighted by molar-refractivity contribution is -0.143. The van der Waals surface area contributed by atoms with Crippen LogP contribution in [0.3, 0.4) is 0 Å². The topological polar surface area (TPSA) is 188 Å². The quantitative estimate of drug-likeness (QED) is 0.132. The first-order valence-corrected chi connectivity index (χ1v) is 11.0. The molecule has 0 fully saturated rings. The van der Waals surface area contributed by atoms with E-state index in [1.807, 2.05) is 0 Å². The van der Waals surface area contributed by atoms with Gasteiger partial charge in [-0.3, -0.25) is 19.2 Å². The second kappa shape index (κ2) is 14.4. The van der Waals surface area contributed by atoms with E-state index in [-0.39, 0.29) is 17.9 Å². The number of thiol groups is 2. The number of thioether (sulfide) groups is 1. The van der Waals surface area contributed by atoms with Crippen LogP contribution in [-0.2, 0) is 24.0 Å². The second-order valence-corrected chi connectivity index (χ2v) is 7.59. The van der Waals surface area contributed by atoms with E-state index in [0.717, 1.165) is 0 Å². The average Bonchev–Trinajstić information content (AvgIpc) is 2.66. The molecular weight excluding hydrogens is 444 g/mol. The molecule has 4 unspecified atom stereocenters. The van der Waals surface area contributed by atoms with E-state index in [1.54, 1.807) is 6.26 Å². The van der Waals surface area contributed by atoms with Crippen molar-refractivity contribution in [3.8, 4) is 0 Å². The smallest absolute Gasteiger partial charge is 0.326 e. The van der Waals surface area contributed by atoms with Crippen LogP contribution in [0.15, 0.2) is 0 Å². The summed E-state index contributed by atoms with van der Waals surface area (Å²) in [6.07, 6.45) is 1.10. The van der Waals surface area contributed by atoms with Crippen molar-refractivity contribution in [1.29, 1.82) is 0 Å². The van der Waals surface area contributed by atoms with Gasteiger partial charge in [-0.25, -0.2) is 4.79 Å². The van der Waals surface area contributed by atoms with Crippen LogP contribution >= 0.6 is 37.0 Å². The molecule has 0 aliphatic rings. The zero-order valence-electron chi connectivity index (χ0n) is 15.7. The predicted octanol–water partition coefficient (Wildman–Crippen LogP) is -2.06. The molecule has 166 valence electrons. The highest BCUT2D eigenvalue weighted by Crippen LogP contribution is 2.03. The SMILES string of the molecule is CSCCC(NC(=O)C(CC(=O)O)NC(=O)C(CS)NC(=O)C(N)CS)C(=O)O. The summed E-state index contributed by atoms with van der Waals surface area (Å²) in [7, 11) is 0. The minimum absolute atomic E-state index is 0.0312. The Bertz CT molecular complexity index is 608. The van der Waals surface area contributed by atoms with E-state index in [1.165, 1.54) is 11.8 Å². The van der Waals surface area contributed by atoms with Gasteiger partial charge in [0.05, 0.1) is 12.5 Å². The molecule has 0 saturated carbocycles. The molecular formula is C15H26N4O7S3. The zero-order chi connectivity index (χ0) is 22.6. The number of nitrogens with two attached hydrogens (primary N) is 1. The third-order valence-corrected chi connectivity index (χ3v) is 4.99. The Morgan fingerprint density at radius 2 is 1.41 bits per heavy atom. The van der Waals surface area contributed by atoms with Crippen LogP contribution in [0.2, 0.25) is 0 Å². The van der Waals surface area contributed by atoms with Crippen LogP contribution in [-0.4, -0.2) is 87.6 Å². The highest BCUT2D eigenvalue weighted by Gasteiger charge is 2.31. The van der Waals surface area contributed by atoms with E-state index in [4.69, 9.17) is 10.8 Å². The number of hydrogen-bond acceptors (Lipinski definition) is 9. The fraction of sp³-hybridized carbons (Fsp3) is 0.667. The normalized spacial score (nSPS) is 14.8. The Kier molecular flexibility index (Phi) is 13.5. The molecule has 0 aliphatic heterocycles. The molecule has 0 aromatic carbocycles. The summed E-state index contributed by atoms with van der Waals surface area (Å²) in [5.41, 5.74) is 5.51. The molecule has 0 heterocycles. The number of amides is 3. The van der Waals surface area contributed by atoms with E-state index < -0.39 is 60.2 Å². The molecule has 0 spiro atoms. The van der Waals surface area contributed by atoms with Gasteiger partial charge in [0.1, 0.15) is 18.1 Å². The molecule has 3 amide bonds. The average molecular weight is 471 g/mol. The molecule has 11 nitrogen and oxygen atoms in total. The third kappa shape index (κ3) is 10.6. The molecule has 7 N–H and O–H groups in total. The maximum absolute atomic E-state index is 12.4. The van der Waals surface area contributed by atoms with Crippen molar-refractivity contribution < 1.29 is 34.2 Å². The molecule has 0 aromatic rings. The number of carbonyl (C=O) groups excluding carboxylic acids is 3. The highest BCUT2D eigenvalue weighted by molar-refractivity contribution is 7.98. The molecule has 0 saturated heterocycles. The maximum atomic E-state index is 12.4. The van der Waals surface area contributed by atoms with Crippen LogP contribution in [0.5, 0.6) is 0 Å². The van der Waals surface area contributed by atoms with Crippen molar-refractivity contribution in [2.75, 3.05) is 23.5 Å². The Labute approximate surface area is 183 Å². The van der Waals surface area contributed by atoms with Crippen LogP contribution < -0.4 is 21.7 Å². The van der Waals surface area contributed by atoms with Crippen molar-refractivity contribution in [2.24, 2.45) is 5.73 Å². The van der Waals surface area contributed by atoms with E-state index >= 15 is 0 Å². The van der Waals surface area contributed by atoms with Gasteiger partial charge < -0.3 is 31.9 Å². The van der Waals surface area contributed by atoms with Crippen molar-refractivity contribution in [1.82, 2.24) is 16.0 Å². The highest BCUT2D eigenvalue weighted by atomic mass is 32.2. The largest absolute Gasteiger partial charge is 0.481 e. The lowest BCUT2D eigenvalue weighted by Crippen LogP contribution is -2.58. The zero-order valence-corrected chi connectivity index (χ0v) is 18.3. The summed E-state index contributed by atoms with van der Waals surface area (Å²) < 4.78 is 0. The predicted molar refractivity (Wildman–Crippen MR) is 114 cm³/mol. The molecule has 0 aromatic heterocycles. The minimum Gasteiger partial charge on any atom is -0.481 e. The number of rotatable bonds is 14. The molecule has 0 radical (unpaired) electrons. The fourth-order valence-corrected chi connectivity index (χ4v) is 2.87. The van der Waals surface area contributed by atoms with E-state index in [2.05, 4.69) is 41.2 Å². The molecule has 4 atom stereocenters. The van der Waals surface area contributed by atoms with Crippen LogP contribution in [0.25, 0.3) is 0 Å². The molecule has 0 bridgehead atoms. The Hall–Kier alpha value is -1.64. The van der Waals surface area contributed by atoms with Gasteiger partial charge in [0, 0.05) is 11.5 Å². The Balaban J connectivity index is 5.22. The number of aliphatic carboxylic acids is 2. The Morgan fingerprint density at radius 1 is 0.897 bits per heavy atom. The lowest BCUT2D eigenvalue weighted by Gasteiger charge is -2.23. The monoisotopic (exact) mass is 470 g/mol. The van der Waals surface area contributed by atoms with Crippen molar-refractivity contribution >= 4 is 66.7 Å². The van der Waals surface area contributed by atoms with Gasteiger partial charge in [-0.2, -0.15) is 37.0 Å². The number of hydrogen-bond donors (Lipinski definition) is 8. The van der Waals surface area contributed by atoms with Gasteiger partial charge in [0.2, 0.25) is 17.7 Å². The van der Waals surface area contributed by atoms with E-state index in [0.29, 0.717) is 5.75 Å². The maximum Gasteiger partial charge on any atom is 0.326 e. The number of carboxylic acids is 2. The van der Waals surface area contributed by atoms with Crippen LogP contribution in [0.1, 0.15) is 12.8 Å². The first-order chi connectivity index (χ1) is 13.6. The molecule has 14 heteroatoms. The first kappa shape index (κ1) is 27.4. The lowest BCUT2D eigenvalue weighted by atomic mass is 10.1. The van der Waals surface area contributed by atoms with Gasteiger partial charge in [-0.1, -0.05) is 0 Å². The summed E-state index contributed by atoms with van der Waals surface area (Å²) in [6.45, 7) is 0. The summed E-state index contributed by atoms with van der Waals surface area (Å²) in [5, 5.41) is 25.0. The molecule has 0 aliphatic carbocycles. The summed E-state index contributed by atoms with van der Waals surface area (Å²) in [5.74, 6) is -4.84. The number of carboxylic acid groups (broad SMARTS) is 2. The standard InChI is InChI=1S/C15H26N4O7S3/c1-29-3-2-8(15(25)26)17-13(23)9(4-11(20)21)18-14(24)10(6-28)19-12(22)7(16)5-27/h7-10,27-28H,2-6,16H2,1H3,(H,17,23)(H,18,24)(H,19,22)(H,20,21)(H,25,26). The molecule has 0 rings (SSSR count). The van der Waals surface area contributed by atoms with Gasteiger partial charge in [0.25, 0.3) is 0 Å². The van der Waals surface area contributed by atoms with E-state index in [9.17, 15) is 29.1 Å². The van der Waals surface area contributed by atoms with Crippen LogP contribution in [0, 0.1) is 0 Å². The third-order valence-electron chi connectivity index (χ3n) is 3.59. The Morgan fingerprint density at radius 3 is 1.86 bits per heavy atom. The summed E-state index contributed by atoms with van der Waals surface area (Å²) in [4.78, 5) is 58.9. The summed E-state index contributed by atoms with van der Waals surface area (Å²) in [6, 6.07) is -4.95.